The van der Waals surface area contributed by atoms with Crippen molar-refractivity contribution in [2.24, 2.45) is 17.8 Å². The fraction of sp³-hybridized carbons (Fsp3) is 0.346. The van der Waals surface area contributed by atoms with Gasteiger partial charge in [0.1, 0.15) is 0 Å². The molecule has 4 rings (SSSR count). The van der Waals surface area contributed by atoms with Crippen molar-refractivity contribution in [3.05, 3.63) is 71.0 Å². The van der Waals surface area contributed by atoms with Gasteiger partial charge in [-0.1, -0.05) is 12.2 Å². The average Bonchev–Trinajstić information content (AvgIpc) is 3.52. The van der Waals surface area contributed by atoms with Crippen LogP contribution in [0.3, 0.4) is 0 Å². The molecular weight excluding hydrogens is 440 g/mol. The Hall–Kier alpha value is -1.95. The Morgan fingerprint density at radius 2 is 1.71 bits per heavy atom. The first-order valence-electron chi connectivity index (χ1n) is 10.6. The van der Waals surface area contributed by atoms with Crippen molar-refractivity contribution < 1.29 is 9.53 Å². The number of esters is 1. The Morgan fingerprint density at radius 3 is 2.32 bits per heavy atom. The van der Waals surface area contributed by atoms with E-state index in [1.54, 1.807) is 34.0 Å². The van der Waals surface area contributed by atoms with Gasteiger partial charge in [0.05, 0.1) is 13.0 Å². The first kappa shape index (κ1) is 22.3. The van der Waals surface area contributed by atoms with E-state index in [9.17, 15) is 4.79 Å². The molecule has 3 atom stereocenters. The maximum atomic E-state index is 12.8. The Balaban J connectivity index is 1.50. The summed E-state index contributed by atoms with van der Waals surface area (Å²) in [6.45, 7) is 12.6. The zero-order valence-electron chi connectivity index (χ0n) is 18.1. The lowest BCUT2D eigenvalue weighted by Gasteiger charge is -2.15. The van der Waals surface area contributed by atoms with E-state index < -0.39 is 0 Å². The third-order valence-electron chi connectivity index (χ3n) is 5.97. The van der Waals surface area contributed by atoms with Gasteiger partial charge in [0, 0.05) is 29.3 Å². The maximum absolute atomic E-state index is 12.8. The minimum absolute atomic E-state index is 0.147. The van der Waals surface area contributed by atoms with Gasteiger partial charge in [-0.2, -0.15) is 0 Å². The second-order valence-corrected chi connectivity index (χ2v) is 11.9. The fourth-order valence-corrected chi connectivity index (χ4v) is 7.44. The minimum Gasteiger partial charge on any atom is -0.465 e. The van der Waals surface area contributed by atoms with Crippen LogP contribution >= 0.6 is 34.0 Å². The van der Waals surface area contributed by atoms with E-state index in [1.807, 2.05) is 12.2 Å². The predicted molar refractivity (Wildman–Crippen MR) is 135 cm³/mol. The van der Waals surface area contributed by atoms with Crippen molar-refractivity contribution in [3.63, 3.8) is 0 Å². The maximum Gasteiger partial charge on any atom is 0.310 e. The van der Waals surface area contributed by atoms with Gasteiger partial charge in [-0.3, -0.25) is 4.79 Å². The lowest BCUT2D eigenvalue weighted by atomic mass is 9.97. The van der Waals surface area contributed by atoms with Crippen LogP contribution in [0.5, 0.6) is 0 Å². The van der Waals surface area contributed by atoms with Gasteiger partial charge in [-0.25, -0.2) is 0 Å². The molecule has 31 heavy (non-hydrogen) atoms. The molecule has 3 aromatic rings. The SMILES string of the molecule is C=CC1CC(C=C)C(COC(=O)Cc2cc(-c3ccc(C)s3)sc2-c2ccc(C)s2)C1. The normalized spacial score (nSPS) is 20.6. The Morgan fingerprint density at radius 1 is 1.00 bits per heavy atom. The van der Waals surface area contributed by atoms with Gasteiger partial charge in [0.15, 0.2) is 0 Å². The van der Waals surface area contributed by atoms with Gasteiger partial charge in [-0.05, 0) is 80.3 Å². The molecule has 1 aliphatic rings. The van der Waals surface area contributed by atoms with Gasteiger partial charge < -0.3 is 4.74 Å². The first-order chi connectivity index (χ1) is 15.0. The number of carbonyl (C=O) groups excluding carboxylic acids is 1. The van der Waals surface area contributed by atoms with Crippen LogP contribution < -0.4 is 0 Å². The molecule has 0 N–H and O–H groups in total. The van der Waals surface area contributed by atoms with Crippen molar-refractivity contribution in [1.29, 1.82) is 0 Å². The lowest BCUT2D eigenvalue weighted by molar-refractivity contribution is -0.144. The molecule has 2 nitrogen and oxygen atoms in total. The van der Waals surface area contributed by atoms with Crippen LogP contribution in [-0.4, -0.2) is 12.6 Å². The van der Waals surface area contributed by atoms with E-state index in [0.29, 0.717) is 30.8 Å². The molecular formula is C26H28O2S3. The first-order valence-corrected chi connectivity index (χ1v) is 13.1. The zero-order chi connectivity index (χ0) is 22.0. The molecule has 1 aliphatic carbocycles. The smallest absolute Gasteiger partial charge is 0.310 e. The molecule has 0 spiro atoms. The second-order valence-electron chi connectivity index (χ2n) is 8.27. The van der Waals surface area contributed by atoms with E-state index in [-0.39, 0.29) is 5.97 Å². The molecule has 0 aromatic carbocycles. The van der Waals surface area contributed by atoms with Gasteiger partial charge in [0.25, 0.3) is 0 Å². The molecule has 1 fully saturated rings. The zero-order valence-corrected chi connectivity index (χ0v) is 20.5. The van der Waals surface area contributed by atoms with Crippen molar-refractivity contribution >= 4 is 40.0 Å². The van der Waals surface area contributed by atoms with Crippen LogP contribution in [0.25, 0.3) is 19.5 Å². The topological polar surface area (TPSA) is 26.3 Å². The molecule has 5 heteroatoms. The molecule has 0 bridgehead atoms. The lowest BCUT2D eigenvalue weighted by Crippen LogP contribution is -2.17. The van der Waals surface area contributed by atoms with E-state index in [4.69, 9.17) is 4.74 Å². The monoisotopic (exact) mass is 468 g/mol. The minimum atomic E-state index is -0.147. The predicted octanol–water partition coefficient (Wildman–Crippen LogP) is 7.92. The van der Waals surface area contributed by atoms with Gasteiger partial charge in [0.2, 0.25) is 0 Å². The highest BCUT2D eigenvalue weighted by molar-refractivity contribution is 7.26. The van der Waals surface area contributed by atoms with Crippen LogP contribution in [0.1, 0.15) is 28.2 Å². The molecule has 3 aromatic heterocycles. The van der Waals surface area contributed by atoms with Crippen molar-refractivity contribution in [2.45, 2.75) is 33.1 Å². The number of rotatable bonds is 8. The molecule has 3 heterocycles. The molecule has 3 unspecified atom stereocenters. The summed E-state index contributed by atoms with van der Waals surface area (Å²) in [4.78, 5) is 20.3. The number of hydrogen-bond acceptors (Lipinski definition) is 5. The van der Waals surface area contributed by atoms with E-state index in [2.05, 4.69) is 57.3 Å². The molecule has 1 saturated carbocycles. The fourth-order valence-electron chi connectivity index (χ4n) is 4.29. The van der Waals surface area contributed by atoms with Gasteiger partial charge in [-0.15, -0.1) is 47.2 Å². The quantitative estimate of drug-likeness (QED) is 0.248. The summed E-state index contributed by atoms with van der Waals surface area (Å²) in [7, 11) is 0. The third-order valence-corrected chi connectivity index (χ3v) is 9.53. The number of carbonyl (C=O) groups is 1. The molecule has 0 amide bonds. The molecule has 162 valence electrons. The van der Waals surface area contributed by atoms with E-state index in [1.165, 1.54) is 29.3 Å². The van der Waals surface area contributed by atoms with Crippen LogP contribution in [0.4, 0.5) is 0 Å². The van der Waals surface area contributed by atoms with Crippen molar-refractivity contribution in [3.8, 4) is 19.5 Å². The molecule has 0 aliphatic heterocycles. The molecule has 0 saturated heterocycles. The molecule has 0 radical (unpaired) electrons. The van der Waals surface area contributed by atoms with Crippen LogP contribution in [0.2, 0.25) is 0 Å². The summed E-state index contributed by atoms with van der Waals surface area (Å²) in [6, 6.07) is 10.8. The summed E-state index contributed by atoms with van der Waals surface area (Å²) >= 11 is 5.34. The highest BCUT2D eigenvalue weighted by Gasteiger charge is 2.31. The Kier molecular flexibility index (Phi) is 6.95. The average molecular weight is 469 g/mol. The van der Waals surface area contributed by atoms with Crippen LogP contribution in [0.15, 0.2) is 55.6 Å². The summed E-state index contributed by atoms with van der Waals surface area (Å²) < 4.78 is 5.76. The number of thiophene rings is 3. The highest BCUT2D eigenvalue weighted by Crippen LogP contribution is 2.43. The summed E-state index contributed by atoms with van der Waals surface area (Å²) in [5, 5.41) is 0. The summed E-state index contributed by atoms with van der Waals surface area (Å²) in [5.41, 5.74) is 1.06. The third kappa shape index (κ3) is 5.11. The summed E-state index contributed by atoms with van der Waals surface area (Å²) in [6.07, 6.45) is 6.42. The number of hydrogen-bond donors (Lipinski definition) is 0. The summed E-state index contributed by atoms with van der Waals surface area (Å²) in [5.74, 6) is 1.09. The van der Waals surface area contributed by atoms with E-state index in [0.717, 1.165) is 18.4 Å². The van der Waals surface area contributed by atoms with Crippen LogP contribution in [-0.2, 0) is 16.0 Å². The Bertz CT molecular complexity index is 1080. The Labute approximate surface area is 196 Å². The van der Waals surface area contributed by atoms with Crippen molar-refractivity contribution in [1.82, 2.24) is 0 Å². The van der Waals surface area contributed by atoms with Crippen LogP contribution in [0, 0.1) is 31.6 Å². The highest BCUT2D eigenvalue weighted by atomic mass is 32.1. The standard InChI is InChI=1S/C26H28O2S3/c1-5-18-11-19(6-2)21(12-18)15-28-25(27)14-20-13-24(22-9-7-16(3)29-22)31-26(20)23-10-8-17(4)30-23/h5-10,13,18-19,21H,1-2,11-12,14-15H2,3-4H3. The number of allylic oxidation sites excluding steroid dienone is 2. The van der Waals surface area contributed by atoms with E-state index >= 15 is 0 Å². The van der Waals surface area contributed by atoms with Crippen molar-refractivity contribution in [2.75, 3.05) is 6.61 Å². The number of aryl methyl sites for hydroxylation is 2. The second kappa shape index (κ2) is 9.68. The largest absolute Gasteiger partial charge is 0.465 e. The number of ether oxygens (including phenoxy) is 1. The van der Waals surface area contributed by atoms with Gasteiger partial charge >= 0.3 is 5.97 Å².